The molecule has 0 aromatic heterocycles. The van der Waals surface area contributed by atoms with E-state index in [-0.39, 0.29) is 12.7 Å². The second-order valence-electron chi connectivity index (χ2n) is 6.57. The number of benzene rings is 1. The highest BCUT2D eigenvalue weighted by Crippen LogP contribution is 2.33. The number of hydrogen-bond acceptors (Lipinski definition) is 4. The van der Waals surface area contributed by atoms with Crippen molar-refractivity contribution < 1.29 is 18.0 Å². The van der Waals surface area contributed by atoms with Crippen LogP contribution in [0.4, 0.5) is 5.69 Å². The molecular weight excluding hydrogens is 354 g/mol. The molecule has 144 valence electrons. The molecule has 0 amide bonds. The maximum atomic E-state index is 11.5. The van der Waals surface area contributed by atoms with E-state index in [1.807, 2.05) is 18.2 Å². The van der Waals surface area contributed by atoms with E-state index >= 15 is 0 Å². The average molecular weight is 388 g/mol. The maximum absolute atomic E-state index is 11.5. The van der Waals surface area contributed by atoms with Crippen LogP contribution < -0.4 is 4.72 Å². The maximum Gasteiger partial charge on any atom is 0.229 e. The van der Waals surface area contributed by atoms with Gasteiger partial charge in [-0.15, -0.1) is 0 Å². The molecule has 0 heterocycles. The quantitative estimate of drug-likeness (QED) is 0.414. The van der Waals surface area contributed by atoms with Gasteiger partial charge in [0.25, 0.3) is 0 Å². The van der Waals surface area contributed by atoms with E-state index < -0.39 is 18.3 Å². The molecule has 1 rings (SSSR count). The zero-order chi connectivity index (χ0) is 18.9. The molecule has 0 unspecified atom stereocenters. The summed E-state index contributed by atoms with van der Waals surface area (Å²) in [6, 6.07) is 10.7. The van der Waals surface area contributed by atoms with Crippen LogP contribution in [-0.4, -0.2) is 34.7 Å². The Kier molecular flexibility index (Phi) is 9.13. The van der Waals surface area contributed by atoms with Crippen molar-refractivity contribution >= 4 is 24.0 Å². The van der Waals surface area contributed by atoms with Gasteiger partial charge in [0, 0.05) is 12.3 Å². The first-order chi connectivity index (χ1) is 11.8. The van der Waals surface area contributed by atoms with Gasteiger partial charge in [0.05, 0.1) is 12.4 Å². The van der Waals surface area contributed by atoms with Crippen molar-refractivity contribution in [1.29, 1.82) is 0 Å². The molecule has 0 saturated carbocycles. The summed E-state index contributed by atoms with van der Waals surface area (Å²) >= 11 is 0. The number of rotatable bonds is 12. The molecule has 1 aromatic rings. The summed E-state index contributed by atoms with van der Waals surface area (Å²) in [6.45, 7) is 6.78. The van der Waals surface area contributed by atoms with Crippen molar-refractivity contribution in [1.82, 2.24) is 0 Å². The van der Waals surface area contributed by atoms with Crippen LogP contribution in [0.1, 0.15) is 51.7 Å². The third kappa shape index (κ3) is 7.48. The van der Waals surface area contributed by atoms with Crippen LogP contribution >= 0.6 is 0 Å². The molecule has 0 fully saturated rings. The van der Waals surface area contributed by atoms with Crippen molar-refractivity contribution in [2.24, 2.45) is 0 Å². The van der Waals surface area contributed by atoms with Crippen molar-refractivity contribution in [2.45, 2.75) is 64.3 Å². The molecule has 1 atom stereocenters. The fourth-order valence-corrected chi connectivity index (χ4v) is 6.47. The Morgan fingerprint density at radius 1 is 1.16 bits per heavy atom. The van der Waals surface area contributed by atoms with E-state index in [1.165, 1.54) is 0 Å². The minimum absolute atomic E-state index is 0.0561. The van der Waals surface area contributed by atoms with Crippen LogP contribution in [0.5, 0.6) is 0 Å². The minimum Gasteiger partial charge on any atom is -0.410 e. The number of unbranched alkanes of at least 4 members (excludes halogenated alkanes) is 1. The molecule has 2 N–H and O–H groups in total. The highest BCUT2D eigenvalue weighted by Gasteiger charge is 2.32. The zero-order valence-electron chi connectivity index (χ0n) is 15.9. The van der Waals surface area contributed by atoms with Crippen LogP contribution in [-0.2, 0) is 14.4 Å². The van der Waals surface area contributed by atoms with E-state index in [0.29, 0.717) is 5.69 Å². The van der Waals surface area contributed by atoms with E-state index in [9.17, 15) is 8.42 Å². The van der Waals surface area contributed by atoms with Gasteiger partial charge in [-0.05, 0) is 55.1 Å². The number of anilines is 1. The van der Waals surface area contributed by atoms with Crippen molar-refractivity contribution in [3.05, 3.63) is 29.8 Å². The summed E-state index contributed by atoms with van der Waals surface area (Å²) in [5.74, 6) is 0. The lowest BCUT2D eigenvalue weighted by atomic mass is 10.0. The largest absolute Gasteiger partial charge is 0.410 e. The van der Waals surface area contributed by atoms with Gasteiger partial charge < -0.3 is 9.53 Å². The third-order valence-electron chi connectivity index (χ3n) is 4.76. The van der Waals surface area contributed by atoms with Gasteiger partial charge in [0.1, 0.15) is 0 Å². The summed E-state index contributed by atoms with van der Waals surface area (Å²) < 4.78 is 32.2. The standard InChI is InChI=1S/C18H33NO4SSi/c1-5-25(6-2,7-3)23-18(13-8-9-14-20)16-11-10-12-17(15-16)19-24(4,21)22/h10-12,15,18-20H,5-9,13-14H2,1-4H3/t18-/m0/s1. The second-order valence-corrected chi connectivity index (χ2v) is 13.0. The first-order valence-electron chi connectivity index (χ1n) is 9.15. The highest BCUT2D eigenvalue weighted by atomic mass is 32.2. The summed E-state index contributed by atoms with van der Waals surface area (Å²) in [7, 11) is -5.09. The van der Waals surface area contributed by atoms with Crippen LogP contribution in [0.25, 0.3) is 0 Å². The van der Waals surface area contributed by atoms with Crippen molar-refractivity contribution in [2.75, 3.05) is 17.6 Å². The van der Waals surface area contributed by atoms with Crippen LogP contribution in [0, 0.1) is 0 Å². The Morgan fingerprint density at radius 3 is 2.32 bits per heavy atom. The smallest absolute Gasteiger partial charge is 0.229 e. The molecule has 0 spiro atoms. The predicted molar refractivity (Wildman–Crippen MR) is 107 cm³/mol. The van der Waals surface area contributed by atoms with Gasteiger partial charge in [-0.25, -0.2) is 8.42 Å². The molecule has 0 aliphatic carbocycles. The van der Waals surface area contributed by atoms with E-state index in [0.717, 1.165) is 49.2 Å². The number of sulfonamides is 1. The van der Waals surface area contributed by atoms with Crippen molar-refractivity contribution in [3.8, 4) is 0 Å². The third-order valence-corrected chi connectivity index (χ3v) is 10.0. The molecule has 0 aliphatic rings. The van der Waals surface area contributed by atoms with Crippen LogP contribution in [0.2, 0.25) is 18.1 Å². The predicted octanol–water partition coefficient (Wildman–Crippen LogP) is 4.28. The van der Waals surface area contributed by atoms with Crippen LogP contribution in [0.15, 0.2) is 24.3 Å². The summed E-state index contributed by atoms with van der Waals surface area (Å²) in [4.78, 5) is 0. The van der Waals surface area contributed by atoms with Gasteiger partial charge in [-0.1, -0.05) is 32.9 Å². The van der Waals surface area contributed by atoms with Gasteiger partial charge in [-0.3, -0.25) is 4.72 Å². The second kappa shape index (κ2) is 10.3. The normalized spacial score (nSPS) is 13.6. The summed E-state index contributed by atoms with van der Waals surface area (Å²) in [5.41, 5.74) is 1.56. The SMILES string of the molecule is CC[Si](CC)(CC)O[C@@H](CCCCO)c1cccc(NS(C)(=O)=O)c1. The number of aliphatic hydroxyl groups excluding tert-OH is 1. The molecule has 0 bridgehead atoms. The first-order valence-corrected chi connectivity index (χ1v) is 13.6. The zero-order valence-corrected chi connectivity index (χ0v) is 17.7. The number of nitrogens with one attached hydrogen (secondary N) is 1. The first kappa shape index (κ1) is 22.1. The fraction of sp³-hybridized carbons (Fsp3) is 0.667. The molecule has 7 heteroatoms. The van der Waals surface area contributed by atoms with Gasteiger partial charge in [0.15, 0.2) is 8.32 Å². The van der Waals surface area contributed by atoms with Gasteiger partial charge in [-0.2, -0.15) is 0 Å². The Morgan fingerprint density at radius 2 is 1.80 bits per heavy atom. The molecule has 0 radical (unpaired) electrons. The Labute approximate surface area is 154 Å². The minimum atomic E-state index is -3.30. The number of aliphatic hydroxyl groups is 1. The molecular formula is C18H33NO4SSi. The highest BCUT2D eigenvalue weighted by molar-refractivity contribution is 7.92. The Hall–Kier alpha value is -0.893. The van der Waals surface area contributed by atoms with Crippen molar-refractivity contribution in [3.63, 3.8) is 0 Å². The van der Waals surface area contributed by atoms with Gasteiger partial charge in [0.2, 0.25) is 10.0 Å². The topological polar surface area (TPSA) is 75.6 Å². The Balaban J connectivity index is 3.08. The fourth-order valence-electron chi connectivity index (χ4n) is 3.05. The monoisotopic (exact) mass is 387 g/mol. The lowest BCUT2D eigenvalue weighted by molar-refractivity contribution is 0.171. The summed E-state index contributed by atoms with van der Waals surface area (Å²) in [6.07, 6.45) is 3.56. The van der Waals surface area contributed by atoms with Crippen LogP contribution in [0.3, 0.4) is 0 Å². The Bertz CT molecular complexity index is 609. The van der Waals surface area contributed by atoms with E-state index in [2.05, 4.69) is 25.5 Å². The molecule has 1 aromatic carbocycles. The lowest BCUT2D eigenvalue weighted by Crippen LogP contribution is -2.37. The van der Waals surface area contributed by atoms with Gasteiger partial charge >= 0.3 is 0 Å². The van der Waals surface area contributed by atoms with E-state index in [1.54, 1.807) is 6.07 Å². The van der Waals surface area contributed by atoms with E-state index in [4.69, 9.17) is 9.53 Å². The molecule has 25 heavy (non-hydrogen) atoms. The lowest BCUT2D eigenvalue weighted by Gasteiger charge is -2.34. The molecule has 0 aliphatic heterocycles. The summed E-state index contributed by atoms with van der Waals surface area (Å²) in [5, 5.41) is 9.08. The average Bonchev–Trinajstić information content (AvgIpc) is 2.57. The molecule has 0 saturated heterocycles. The molecule has 5 nitrogen and oxygen atoms in total. The number of hydrogen-bond donors (Lipinski definition) is 2.